The van der Waals surface area contributed by atoms with E-state index < -0.39 is 27.5 Å². The van der Waals surface area contributed by atoms with Crippen molar-refractivity contribution in [3.05, 3.63) is 29.8 Å². The van der Waals surface area contributed by atoms with Crippen LogP contribution in [-0.2, 0) is 33.4 Å². The molecular weight excluding hydrogens is 360 g/mol. The van der Waals surface area contributed by atoms with E-state index >= 15 is 0 Å². The number of ether oxygens (including phenoxy) is 2. The zero-order valence-corrected chi connectivity index (χ0v) is 16.0. The predicted molar refractivity (Wildman–Crippen MR) is 92.7 cm³/mol. The monoisotopic (exact) mass is 384 g/mol. The Morgan fingerprint density at radius 3 is 2.00 bits per heavy atom. The van der Waals surface area contributed by atoms with Gasteiger partial charge in [0.15, 0.2) is 5.41 Å². The van der Waals surface area contributed by atoms with Crippen LogP contribution in [0.15, 0.2) is 29.2 Å². The molecular formula is C18H24O7S. The Bertz CT molecular complexity index is 726. The molecule has 0 unspecified atom stereocenters. The Hall–Kier alpha value is -1.93. The normalized spacial score (nSPS) is 16.6. The van der Waals surface area contributed by atoms with Crippen molar-refractivity contribution in [1.82, 2.24) is 0 Å². The van der Waals surface area contributed by atoms with Crippen molar-refractivity contribution < 1.29 is 31.7 Å². The van der Waals surface area contributed by atoms with Crippen molar-refractivity contribution >= 4 is 22.1 Å². The van der Waals surface area contributed by atoms with Gasteiger partial charge in [-0.15, -0.1) is 0 Å². The number of carbonyl (C=O) groups is 2. The summed E-state index contributed by atoms with van der Waals surface area (Å²) in [7, 11) is -3.88. The molecule has 0 aromatic heterocycles. The molecule has 0 heterocycles. The summed E-state index contributed by atoms with van der Waals surface area (Å²) in [5.41, 5.74) is -0.412. The molecule has 1 fully saturated rings. The molecule has 144 valence electrons. The van der Waals surface area contributed by atoms with Crippen molar-refractivity contribution in [1.29, 1.82) is 0 Å². The molecule has 1 aliphatic rings. The summed E-state index contributed by atoms with van der Waals surface area (Å²) >= 11 is 0. The van der Waals surface area contributed by atoms with Crippen LogP contribution in [0.5, 0.6) is 0 Å². The van der Waals surface area contributed by atoms with Crippen molar-refractivity contribution in [2.24, 2.45) is 11.3 Å². The van der Waals surface area contributed by atoms with Crippen LogP contribution < -0.4 is 0 Å². The smallest absolute Gasteiger partial charge is 0.323 e. The quantitative estimate of drug-likeness (QED) is 0.385. The molecule has 1 aromatic carbocycles. The molecule has 0 saturated heterocycles. The number of hydrogen-bond donors (Lipinski definition) is 0. The molecule has 0 amide bonds. The van der Waals surface area contributed by atoms with Gasteiger partial charge in [0.2, 0.25) is 0 Å². The Morgan fingerprint density at radius 1 is 1.04 bits per heavy atom. The maximum absolute atomic E-state index is 12.2. The number of esters is 2. The van der Waals surface area contributed by atoms with E-state index in [0.717, 1.165) is 5.56 Å². The zero-order chi connectivity index (χ0) is 19.4. The van der Waals surface area contributed by atoms with Gasteiger partial charge in [-0.3, -0.25) is 13.8 Å². The van der Waals surface area contributed by atoms with E-state index in [1.54, 1.807) is 26.0 Å². The van der Waals surface area contributed by atoms with E-state index in [-0.39, 0.29) is 43.5 Å². The van der Waals surface area contributed by atoms with Crippen LogP contribution in [0.3, 0.4) is 0 Å². The highest BCUT2D eigenvalue weighted by molar-refractivity contribution is 7.86. The SMILES string of the molecule is CCOC(=O)C1(C(=O)OCC)CC(COS(=O)(=O)c2ccc(C)cc2)C1. The first-order chi connectivity index (χ1) is 12.2. The minimum Gasteiger partial charge on any atom is -0.465 e. The number of rotatable bonds is 8. The van der Waals surface area contributed by atoms with Crippen LogP contribution >= 0.6 is 0 Å². The summed E-state index contributed by atoms with van der Waals surface area (Å²) in [4.78, 5) is 24.4. The van der Waals surface area contributed by atoms with Crippen LogP contribution in [0.2, 0.25) is 0 Å². The average molecular weight is 384 g/mol. The van der Waals surface area contributed by atoms with Gasteiger partial charge >= 0.3 is 11.9 Å². The van der Waals surface area contributed by atoms with Gasteiger partial charge in [0.25, 0.3) is 10.1 Å². The highest BCUT2D eigenvalue weighted by Crippen LogP contribution is 2.48. The number of hydrogen-bond acceptors (Lipinski definition) is 7. The first kappa shape index (κ1) is 20.4. The molecule has 1 aliphatic carbocycles. The Balaban J connectivity index is 1.99. The molecule has 7 nitrogen and oxygen atoms in total. The van der Waals surface area contributed by atoms with E-state index in [4.69, 9.17) is 13.7 Å². The second kappa shape index (κ2) is 8.18. The summed E-state index contributed by atoms with van der Waals surface area (Å²) < 4.78 is 39.5. The lowest BCUT2D eigenvalue weighted by Gasteiger charge is -2.42. The van der Waals surface area contributed by atoms with Crippen molar-refractivity contribution in [3.8, 4) is 0 Å². The third-order valence-electron chi connectivity index (χ3n) is 4.38. The minimum absolute atomic E-state index is 0.0736. The topological polar surface area (TPSA) is 96.0 Å². The lowest BCUT2D eigenvalue weighted by atomic mass is 9.62. The van der Waals surface area contributed by atoms with Gasteiger partial charge in [-0.1, -0.05) is 17.7 Å². The van der Waals surface area contributed by atoms with Gasteiger partial charge in [-0.05, 0) is 51.7 Å². The fourth-order valence-corrected chi connectivity index (χ4v) is 3.93. The number of aryl methyl sites for hydroxylation is 1. The van der Waals surface area contributed by atoms with E-state index in [0.29, 0.717) is 0 Å². The first-order valence-electron chi connectivity index (χ1n) is 8.55. The third kappa shape index (κ3) is 4.24. The van der Waals surface area contributed by atoms with Crippen LogP contribution in [0.25, 0.3) is 0 Å². The standard InChI is InChI=1S/C18H24O7S/c1-4-23-16(19)18(17(20)24-5-2)10-14(11-18)12-25-26(21,22)15-8-6-13(3)7-9-15/h6-9,14H,4-5,10-12H2,1-3H3. The van der Waals surface area contributed by atoms with Gasteiger partial charge in [0.1, 0.15) is 0 Å². The van der Waals surface area contributed by atoms with Crippen LogP contribution in [0.1, 0.15) is 32.3 Å². The molecule has 0 radical (unpaired) electrons. The molecule has 0 atom stereocenters. The molecule has 0 bridgehead atoms. The Labute approximate surface area is 153 Å². The predicted octanol–water partition coefficient (Wildman–Crippen LogP) is 2.22. The minimum atomic E-state index is -3.88. The van der Waals surface area contributed by atoms with Gasteiger partial charge in [0.05, 0.1) is 24.7 Å². The molecule has 8 heteroatoms. The lowest BCUT2D eigenvalue weighted by molar-refractivity contribution is -0.184. The molecule has 1 saturated carbocycles. The van der Waals surface area contributed by atoms with Crippen LogP contribution in [0.4, 0.5) is 0 Å². The molecule has 1 aromatic rings. The molecule has 26 heavy (non-hydrogen) atoms. The highest BCUT2D eigenvalue weighted by Gasteiger charge is 2.58. The summed E-state index contributed by atoms with van der Waals surface area (Å²) in [6, 6.07) is 6.33. The summed E-state index contributed by atoms with van der Waals surface area (Å²) in [5, 5.41) is 0. The third-order valence-corrected chi connectivity index (χ3v) is 5.67. The Kier molecular flexibility index (Phi) is 6.41. The molecule has 0 aliphatic heterocycles. The second-order valence-electron chi connectivity index (χ2n) is 6.35. The first-order valence-corrected chi connectivity index (χ1v) is 9.96. The van der Waals surface area contributed by atoms with Crippen LogP contribution in [0, 0.1) is 18.3 Å². The zero-order valence-electron chi connectivity index (χ0n) is 15.2. The van der Waals surface area contributed by atoms with Crippen molar-refractivity contribution in [3.63, 3.8) is 0 Å². The highest BCUT2D eigenvalue weighted by atomic mass is 32.2. The number of benzene rings is 1. The van der Waals surface area contributed by atoms with E-state index in [1.807, 2.05) is 6.92 Å². The van der Waals surface area contributed by atoms with Gasteiger partial charge in [-0.25, -0.2) is 0 Å². The van der Waals surface area contributed by atoms with Gasteiger partial charge in [0, 0.05) is 0 Å². The van der Waals surface area contributed by atoms with Gasteiger partial charge in [-0.2, -0.15) is 8.42 Å². The molecule has 2 rings (SSSR count). The van der Waals surface area contributed by atoms with Crippen LogP contribution in [-0.4, -0.2) is 40.2 Å². The van der Waals surface area contributed by atoms with Crippen molar-refractivity contribution in [2.45, 2.75) is 38.5 Å². The summed E-state index contributed by atoms with van der Waals surface area (Å²) in [5.74, 6) is -1.50. The van der Waals surface area contributed by atoms with E-state index in [9.17, 15) is 18.0 Å². The fourth-order valence-electron chi connectivity index (χ4n) is 2.96. The molecule has 0 N–H and O–H groups in total. The van der Waals surface area contributed by atoms with Crippen molar-refractivity contribution in [2.75, 3.05) is 19.8 Å². The fraction of sp³-hybridized carbons (Fsp3) is 0.556. The van der Waals surface area contributed by atoms with E-state index in [2.05, 4.69) is 0 Å². The Morgan fingerprint density at radius 2 is 1.54 bits per heavy atom. The molecule has 0 spiro atoms. The number of carbonyl (C=O) groups excluding carboxylic acids is 2. The summed E-state index contributed by atoms with van der Waals surface area (Å²) in [6.07, 6.45) is 0.294. The lowest BCUT2D eigenvalue weighted by Crippen LogP contribution is -2.52. The van der Waals surface area contributed by atoms with E-state index in [1.165, 1.54) is 12.1 Å². The van der Waals surface area contributed by atoms with Gasteiger partial charge < -0.3 is 9.47 Å². The maximum atomic E-state index is 12.2. The maximum Gasteiger partial charge on any atom is 0.323 e. The largest absolute Gasteiger partial charge is 0.465 e. The summed E-state index contributed by atoms with van der Waals surface area (Å²) in [6.45, 7) is 5.38. The second-order valence-corrected chi connectivity index (χ2v) is 7.96. The average Bonchev–Trinajstić information content (AvgIpc) is 2.54.